The molecule has 6 rings (SSSR count). The highest BCUT2D eigenvalue weighted by Gasteiger charge is 2.35. The lowest BCUT2D eigenvalue weighted by Gasteiger charge is -2.28. The highest BCUT2D eigenvalue weighted by atomic mass is 32.1. The fraction of sp³-hybridized carbons (Fsp3) is 0.233. The summed E-state index contributed by atoms with van der Waals surface area (Å²) in [5.74, 6) is 0.199. The molecule has 0 unspecified atom stereocenters. The van der Waals surface area contributed by atoms with Gasteiger partial charge in [0.05, 0.1) is 0 Å². The first-order valence-electron chi connectivity index (χ1n) is 12.1. The Labute approximate surface area is 204 Å². The monoisotopic (exact) mass is 464 g/mol. The van der Waals surface area contributed by atoms with Gasteiger partial charge in [0, 0.05) is 29.4 Å². The van der Waals surface area contributed by atoms with Gasteiger partial charge >= 0.3 is 0 Å². The smallest absolute Gasteiger partial charge is 0.251 e. The second kappa shape index (κ2) is 9.21. The van der Waals surface area contributed by atoms with Gasteiger partial charge in [-0.15, -0.1) is 11.3 Å². The number of benzene rings is 3. The molecule has 34 heavy (non-hydrogen) atoms. The van der Waals surface area contributed by atoms with Gasteiger partial charge in [0.1, 0.15) is 0 Å². The molecule has 4 heteroatoms. The number of carbonyl (C=O) groups excluding carboxylic acids is 1. The van der Waals surface area contributed by atoms with Gasteiger partial charge in [-0.1, -0.05) is 66.7 Å². The van der Waals surface area contributed by atoms with E-state index in [0.717, 1.165) is 31.4 Å². The van der Waals surface area contributed by atoms with Crippen LogP contribution < -0.4 is 5.32 Å². The first-order valence-corrected chi connectivity index (χ1v) is 13.0. The van der Waals surface area contributed by atoms with Crippen molar-refractivity contribution in [1.29, 1.82) is 0 Å². The Balaban J connectivity index is 1.35. The number of carbonyl (C=O) groups is 1. The second-order valence-electron chi connectivity index (χ2n) is 9.25. The standard InChI is InChI=1S/C30H28N2OS/c33-30(32(25-13-14-25)19-24-20-34-29-12-5-4-11-27(24)29)28-18-31-16-15-26(28)23-10-6-9-22(17-23)21-7-2-1-3-8-21/h1-12,17,20,25,31H,13-16,18-19H2. The van der Waals surface area contributed by atoms with Crippen molar-refractivity contribution in [1.82, 2.24) is 10.2 Å². The van der Waals surface area contributed by atoms with Gasteiger partial charge in [-0.05, 0) is 76.5 Å². The summed E-state index contributed by atoms with van der Waals surface area (Å²) in [6, 6.07) is 28.0. The van der Waals surface area contributed by atoms with E-state index in [4.69, 9.17) is 0 Å². The van der Waals surface area contributed by atoms with E-state index in [1.54, 1.807) is 11.3 Å². The summed E-state index contributed by atoms with van der Waals surface area (Å²) in [5.41, 5.74) is 6.96. The maximum Gasteiger partial charge on any atom is 0.251 e. The van der Waals surface area contributed by atoms with E-state index >= 15 is 0 Å². The van der Waals surface area contributed by atoms with Crippen molar-refractivity contribution in [2.45, 2.75) is 31.8 Å². The third-order valence-electron chi connectivity index (χ3n) is 6.94. The maximum atomic E-state index is 14.0. The Hall–Kier alpha value is -3.21. The van der Waals surface area contributed by atoms with E-state index < -0.39 is 0 Å². The fourth-order valence-electron chi connectivity index (χ4n) is 4.99. The number of rotatable bonds is 6. The molecule has 4 aromatic rings. The van der Waals surface area contributed by atoms with Crippen molar-refractivity contribution in [2.75, 3.05) is 13.1 Å². The normalized spacial score (nSPS) is 16.1. The van der Waals surface area contributed by atoms with Crippen molar-refractivity contribution >= 4 is 32.9 Å². The van der Waals surface area contributed by atoms with Crippen LogP contribution in [0.5, 0.6) is 0 Å². The lowest BCUT2D eigenvalue weighted by molar-refractivity contribution is -0.128. The molecule has 0 radical (unpaired) electrons. The molecular formula is C30H28N2OS. The molecule has 1 aliphatic carbocycles. The van der Waals surface area contributed by atoms with Crippen molar-refractivity contribution in [3.8, 4) is 11.1 Å². The van der Waals surface area contributed by atoms with Crippen LogP contribution in [0.3, 0.4) is 0 Å². The van der Waals surface area contributed by atoms with Gasteiger partial charge in [-0.25, -0.2) is 0 Å². The summed E-state index contributed by atoms with van der Waals surface area (Å²) in [7, 11) is 0. The van der Waals surface area contributed by atoms with E-state index in [2.05, 4.69) is 88.4 Å². The summed E-state index contributed by atoms with van der Waals surface area (Å²) in [4.78, 5) is 16.1. The first-order chi connectivity index (χ1) is 16.8. The predicted molar refractivity (Wildman–Crippen MR) is 142 cm³/mol. The minimum atomic E-state index is 0.199. The van der Waals surface area contributed by atoms with E-state index in [-0.39, 0.29) is 5.91 Å². The molecule has 2 heterocycles. The van der Waals surface area contributed by atoms with E-state index in [0.29, 0.717) is 19.1 Å². The van der Waals surface area contributed by atoms with E-state index in [9.17, 15) is 4.79 Å². The van der Waals surface area contributed by atoms with Gasteiger partial charge in [0.2, 0.25) is 0 Å². The lowest BCUT2D eigenvalue weighted by Crippen LogP contribution is -2.39. The van der Waals surface area contributed by atoms with Crippen LogP contribution in [-0.4, -0.2) is 29.9 Å². The molecular weight excluding hydrogens is 436 g/mol. The molecule has 1 N–H and O–H groups in total. The van der Waals surface area contributed by atoms with Crippen molar-refractivity contribution < 1.29 is 4.79 Å². The summed E-state index contributed by atoms with van der Waals surface area (Å²) in [6.07, 6.45) is 3.08. The summed E-state index contributed by atoms with van der Waals surface area (Å²) in [5, 5.41) is 6.96. The average molecular weight is 465 g/mol. The molecule has 1 aromatic heterocycles. The average Bonchev–Trinajstić information content (AvgIpc) is 3.67. The molecule has 2 aliphatic rings. The Morgan fingerprint density at radius 1 is 0.912 bits per heavy atom. The zero-order chi connectivity index (χ0) is 22.9. The van der Waals surface area contributed by atoms with Crippen LogP contribution in [0.1, 0.15) is 30.4 Å². The topological polar surface area (TPSA) is 32.3 Å². The Bertz CT molecular complexity index is 1370. The first kappa shape index (κ1) is 21.3. The SMILES string of the molecule is O=C(C1=C(c2cccc(-c3ccccc3)c2)CCNC1)N(Cc1csc2ccccc12)C1CC1. The van der Waals surface area contributed by atoms with Gasteiger partial charge in [0.15, 0.2) is 0 Å². The summed E-state index contributed by atoms with van der Waals surface area (Å²) < 4.78 is 1.29. The fourth-order valence-corrected chi connectivity index (χ4v) is 5.94. The number of amides is 1. The molecule has 0 bridgehead atoms. The van der Waals surface area contributed by atoms with Crippen LogP contribution in [0.15, 0.2) is 89.8 Å². The number of fused-ring (bicyclic) bond motifs is 1. The number of thiophene rings is 1. The molecule has 1 fully saturated rings. The predicted octanol–water partition coefficient (Wildman–Crippen LogP) is 6.51. The number of hydrogen-bond donors (Lipinski definition) is 1. The molecule has 170 valence electrons. The number of nitrogens with zero attached hydrogens (tertiary/aromatic N) is 1. The molecule has 0 spiro atoms. The highest BCUT2D eigenvalue weighted by Crippen LogP contribution is 2.35. The quantitative estimate of drug-likeness (QED) is 0.353. The second-order valence-corrected chi connectivity index (χ2v) is 10.2. The van der Waals surface area contributed by atoms with Gasteiger partial charge in [0.25, 0.3) is 5.91 Å². The van der Waals surface area contributed by atoms with Crippen molar-refractivity contribution in [2.24, 2.45) is 0 Å². The van der Waals surface area contributed by atoms with E-state index in [1.165, 1.54) is 37.9 Å². The van der Waals surface area contributed by atoms with Crippen LogP contribution >= 0.6 is 11.3 Å². The Kier molecular flexibility index (Phi) is 5.78. The van der Waals surface area contributed by atoms with Gasteiger partial charge < -0.3 is 10.2 Å². The molecule has 0 saturated heterocycles. The van der Waals surface area contributed by atoms with Crippen LogP contribution in [0.4, 0.5) is 0 Å². The highest BCUT2D eigenvalue weighted by molar-refractivity contribution is 7.17. The number of nitrogens with one attached hydrogen (secondary N) is 1. The molecule has 3 nitrogen and oxygen atoms in total. The van der Waals surface area contributed by atoms with Crippen LogP contribution in [0.2, 0.25) is 0 Å². The minimum Gasteiger partial charge on any atom is -0.332 e. The third kappa shape index (κ3) is 4.20. The largest absolute Gasteiger partial charge is 0.332 e. The Morgan fingerprint density at radius 2 is 1.68 bits per heavy atom. The third-order valence-corrected chi connectivity index (χ3v) is 7.96. The minimum absolute atomic E-state index is 0.199. The van der Waals surface area contributed by atoms with Crippen molar-refractivity contribution in [3.63, 3.8) is 0 Å². The molecule has 1 aliphatic heterocycles. The van der Waals surface area contributed by atoms with Crippen LogP contribution in [0.25, 0.3) is 26.8 Å². The summed E-state index contributed by atoms with van der Waals surface area (Å²) in [6.45, 7) is 2.23. The molecule has 3 aromatic carbocycles. The zero-order valence-corrected chi connectivity index (χ0v) is 20.0. The van der Waals surface area contributed by atoms with Gasteiger partial charge in [-0.2, -0.15) is 0 Å². The maximum absolute atomic E-state index is 14.0. The summed E-state index contributed by atoms with van der Waals surface area (Å²) >= 11 is 1.77. The number of hydrogen-bond acceptors (Lipinski definition) is 3. The molecule has 0 atom stereocenters. The van der Waals surface area contributed by atoms with E-state index in [1.807, 2.05) is 6.07 Å². The van der Waals surface area contributed by atoms with Crippen molar-refractivity contribution in [3.05, 3.63) is 101 Å². The lowest BCUT2D eigenvalue weighted by atomic mass is 9.91. The van der Waals surface area contributed by atoms with Crippen LogP contribution in [-0.2, 0) is 11.3 Å². The molecule has 1 saturated carbocycles. The van der Waals surface area contributed by atoms with Gasteiger partial charge in [-0.3, -0.25) is 4.79 Å². The Morgan fingerprint density at radius 3 is 2.53 bits per heavy atom. The molecule has 1 amide bonds. The zero-order valence-electron chi connectivity index (χ0n) is 19.2. The van der Waals surface area contributed by atoms with Crippen LogP contribution in [0, 0.1) is 0 Å².